The molecule has 0 unspecified atom stereocenters. The van der Waals surface area contributed by atoms with Crippen LogP contribution in [0.4, 0.5) is 0 Å². The first-order valence-electron chi connectivity index (χ1n) is 3.96. The van der Waals surface area contributed by atoms with Gasteiger partial charge in [-0.2, -0.15) is 0 Å². The van der Waals surface area contributed by atoms with Crippen LogP contribution in [0.1, 0.15) is 16.8 Å². The van der Waals surface area contributed by atoms with Gasteiger partial charge in [0.25, 0.3) is 0 Å². The number of methoxy groups -OCH3 is 1. The maximum absolute atomic E-state index is 9.59. The van der Waals surface area contributed by atoms with Crippen LogP contribution in [0.25, 0.3) is 0 Å². The largest absolute Gasteiger partial charge is 0.506 e. The highest BCUT2D eigenvalue weighted by molar-refractivity contribution is 5.39. The Morgan fingerprint density at radius 1 is 1.54 bits per heavy atom. The van der Waals surface area contributed by atoms with E-state index in [0.717, 1.165) is 0 Å². The molecule has 0 aliphatic heterocycles. The minimum atomic E-state index is -0.139. The predicted octanol–water partition coefficient (Wildman–Crippen LogP) is 0.734. The van der Waals surface area contributed by atoms with Crippen molar-refractivity contribution in [2.24, 2.45) is 0 Å². The molecule has 2 N–H and O–H groups in total. The SMILES string of the molecule is COCc1c(CO)cnc(C)c1O. The van der Waals surface area contributed by atoms with E-state index < -0.39 is 0 Å². The van der Waals surface area contributed by atoms with Gasteiger partial charge in [0.1, 0.15) is 5.75 Å². The molecule has 1 aromatic heterocycles. The van der Waals surface area contributed by atoms with Crippen molar-refractivity contribution in [2.75, 3.05) is 7.11 Å². The summed E-state index contributed by atoms with van der Waals surface area (Å²) in [5.41, 5.74) is 1.76. The number of nitrogens with zero attached hydrogens (tertiary/aromatic N) is 1. The summed E-state index contributed by atoms with van der Waals surface area (Å²) in [5.74, 6) is 0.105. The van der Waals surface area contributed by atoms with Gasteiger partial charge in [0, 0.05) is 24.4 Å². The van der Waals surface area contributed by atoms with E-state index in [1.165, 1.54) is 7.11 Å². The zero-order valence-electron chi connectivity index (χ0n) is 7.74. The fourth-order valence-corrected chi connectivity index (χ4v) is 1.13. The minimum absolute atomic E-state index is 0.105. The van der Waals surface area contributed by atoms with Gasteiger partial charge in [0.2, 0.25) is 0 Å². The third-order valence-corrected chi connectivity index (χ3v) is 1.89. The van der Waals surface area contributed by atoms with E-state index >= 15 is 0 Å². The maximum Gasteiger partial charge on any atom is 0.142 e. The van der Waals surface area contributed by atoms with Crippen molar-refractivity contribution in [3.8, 4) is 5.75 Å². The van der Waals surface area contributed by atoms with Crippen LogP contribution in [-0.4, -0.2) is 22.3 Å². The molecule has 0 bridgehead atoms. The second-order valence-electron chi connectivity index (χ2n) is 2.79. The Bertz CT molecular complexity index is 299. The van der Waals surface area contributed by atoms with Crippen LogP contribution in [0.5, 0.6) is 5.75 Å². The monoisotopic (exact) mass is 183 g/mol. The van der Waals surface area contributed by atoms with Crippen LogP contribution >= 0.6 is 0 Å². The number of rotatable bonds is 3. The van der Waals surface area contributed by atoms with Gasteiger partial charge in [0.15, 0.2) is 0 Å². The van der Waals surface area contributed by atoms with E-state index in [4.69, 9.17) is 9.84 Å². The van der Waals surface area contributed by atoms with Crippen molar-refractivity contribution < 1.29 is 14.9 Å². The fourth-order valence-electron chi connectivity index (χ4n) is 1.13. The fraction of sp³-hybridized carbons (Fsp3) is 0.444. The Hall–Kier alpha value is -1.13. The van der Waals surface area contributed by atoms with E-state index in [-0.39, 0.29) is 19.0 Å². The molecule has 4 heteroatoms. The third-order valence-electron chi connectivity index (χ3n) is 1.89. The smallest absolute Gasteiger partial charge is 0.142 e. The highest BCUT2D eigenvalue weighted by Gasteiger charge is 2.10. The maximum atomic E-state index is 9.59. The van der Waals surface area contributed by atoms with Gasteiger partial charge in [-0.3, -0.25) is 4.98 Å². The normalized spacial score (nSPS) is 10.4. The van der Waals surface area contributed by atoms with Gasteiger partial charge in [-0.25, -0.2) is 0 Å². The predicted molar refractivity (Wildman–Crippen MR) is 47.3 cm³/mol. The van der Waals surface area contributed by atoms with Gasteiger partial charge in [0.05, 0.1) is 18.9 Å². The van der Waals surface area contributed by atoms with Crippen molar-refractivity contribution in [3.63, 3.8) is 0 Å². The summed E-state index contributed by atoms with van der Waals surface area (Å²) in [7, 11) is 1.54. The lowest BCUT2D eigenvalue weighted by Gasteiger charge is -2.09. The Kier molecular flexibility index (Phi) is 3.22. The van der Waals surface area contributed by atoms with Gasteiger partial charge in [-0.05, 0) is 6.92 Å². The first-order chi connectivity index (χ1) is 6.20. The van der Waals surface area contributed by atoms with Crippen LogP contribution in [0.2, 0.25) is 0 Å². The van der Waals surface area contributed by atoms with Crippen LogP contribution in [0, 0.1) is 6.92 Å². The molecule has 1 heterocycles. The Morgan fingerprint density at radius 2 is 2.23 bits per heavy atom. The van der Waals surface area contributed by atoms with Gasteiger partial charge in [-0.15, -0.1) is 0 Å². The number of aliphatic hydroxyl groups excluding tert-OH is 1. The summed E-state index contributed by atoms with van der Waals surface area (Å²) in [4.78, 5) is 3.93. The van der Waals surface area contributed by atoms with Crippen LogP contribution in [0.15, 0.2) is 6.20 Å². The Morgan fingerprint density at radius 3 is 2.77 bits per heavy atom. The Labute approximate surface area is 76.8 Å². The van der Waals surface area contributed by atoms with Crippen molar-refractivity contribution in [2.45, 2.75) is 20.1 Å². The van der Waals surface area contributed by atoms with E-state index in [0.29, 0.717) is 16.8 Å². The molecule has 1 rings (SSSR count). The number of aromatic nitrogens is 1. The van der Waals surface area contributed by atoms with E-state index in [2.05, 4.69) is 4.98 Å². The van der Waals surface area contributed by atoms with Crippen LogP contribution in [-0.2, 0) is 18.0 Å². The molecule has 4 nitrogen and oxygen atoms in total. The third kappa shape index (κ3) is 1.96. The van der Waals surface area contributed by atoms with E-state index in [1.807, 2.05) is 0 Å². The topological polar surface area (TPSA) is 62.6 Å². The molecule has 1 aromatic rings. The molecule has 0 aliphatic carbocycles. The molecule has 0 aliphatic rings. The quantitative estimate of drug-likeness (QED) is 0.725. The van der Waals surface area contributed by atoms with Crippen molar-refractivity contribution in [1.29, 1.82) is 0 Å². The highest BCUT2D eigenvalue weighted by Crippen LogP contribution is 2.24. The van der Waals surface area contributed by atoms with Crippen molar-refractivity contribution >= 4 is 0 Å². The summed E-state index contributed by atoms with van der Waals surface area (Å²) in [5, 5.41) is 18.5. The average molecular weight is 183 g/mol. The van der Waals surface area contributed by atoms with Gasteiger partial charge >= 0.3 is 0 Å². The minimum Gasteiger partial charge on any atom is -0.506 e. The number of hydrogen-bond donors (Lipinski definition) is 2. The van der Waals surface area contributed by atoms with Gasteiger partial charge in [-0.1, -0.05) is 0 Å². The summed E-state index contributed by atoms with van der Waals surface area (Å²) in [6.45, 7) is 1.85. The van der Waals surface area contributed by atoms with Crippen molar-refractivity contribution in [1.82, 2.24) is 4.98 Å². The first-order valence-corrected chi connectivity index (χ1v) is 3.96. The second kappa shape index (κ2) is 4.20. The molecular weight excluding hydrogens is 170 g/mol. The molecule has 0 spiro atoms. The zero-order valence-corrected chi connectivity index (χ0v) is 7.74. The molecule has 0 aromatic carbocycles. The molecule has 72 valence electrons. The number of pyridine rings is 1. The highest BCUT2D eigenvalue weighted by atomic mass is 16.5. The molecule has 0 saturated heterocycles. The summed E-state index contributed by atoms with van der Waals surface area (Å²) >= 11 is 0. The lowest BCUT2D eigenvalue weighted by Crippen LogP contribution is -1.99. The Balaban J connectivity index is 3.15. The molecule has 0 amide bonds. The number of hydrogen-bond acceptors (Lipinski definition) is 4. The molecular formula is C9H13NO3. The second-order valence-corrected chi connectivity index (χ2v) is 2.79. The zero-order chi connectivity index (χ0) is 9.84. The standard InChI is InChI=1S/C9H13NO3/c1-6-9(12)8(5-13-2)7(4-11)3-10-6/h3,11-12H,4-5H2,1-2H3. The first kappa shape index (κ1) is 9.95. The molecule has 0 saturated carbocycles. The molecule has 0 atom stereocenters. The lowest BCUT2D eigenvalue weighted by atomic mass is 10.1. The summed E-state index contributed by atoms with van der Waals surface area (Å²) in [6, 6.07) is 0. The molecule has 0 radical (unpaired) electrons. The summed E-state index contributed by atoms with van der Waals surface area (Å²) < 4.78 is 4.91. The molecule has 0 fully saturated rings. The average Bonchev–Trinajstić information content (AvgIpc) is 2.14. The number of aromatic hydroxyl groups is 1. The van der Waals surface area contributed by atoms with Gasteiger partial charge < -0.3 is 14.9 Å². The number of aryl methyl sites for hydroxylation is 1. The van der Waals surface area contributed by atoms with Crippen molar-refractivity contribution in [3.05, 3.63) is 23.0 Å². The number of ether oxygens (including phenoxy) is 1. The molecule has 13 heavy (non-hydrogen) atoms. The number of aliphatic hydroxyl groups is 1. The lowest BCUT2D eigenvalue weighted by molar-refractivity contribution is 0.178. The summed E-state index contributed by atoms with van der Waals surface area (Å²) in [6.07, 6.45) is 1.55. The van der Waals surface area contributed by atoms with Crippen LogP contribution in [0.3, 0.4) is 0 Å². The van der Waals surface area contributed by atoms with E-state index in [9.17, 15) is 5.11 Å². The van der Waals surface area contributed by atoms with Crippen LogP contribution < -0.4 is 0 Å². The van der Waals surface area contributed by atoms with E-state index in [1.54, 1.807) is 13.1 Å².